The second-order valence-electron chi connectivity index (χ2n) is 15.7. The van der Waals surface area contributed by atoms with E-state index in [1.807, 2.05) is 84.0 Å². The van der Waals surface area contributed by atoms with Crippen LogP contribution in [-0.4, -0.2) is 22.3 Å². The van der Waals surface area contributed by atoms with Crippen LogP contribution in [0, 0.1) is 0 Å². The van der Waals surface area contributed by atoms with Crippen LogP contribution in [0.15, 0.2) is 106 Å². The summed E-state index contributed by atoms with van der Waals surface area (Å²) >= 11 is 0. The Morgan fingerprint density at radius 1 is 0.453 bits per heavy atom. The highest BCUT2D eigenvalue weighted by atomic mass is 19.4. The molecule has 0 saturated carbocycles. The number of oxazole rings is 2. The van der Waals surface area contributed by atoms with Crippen molar-refractivity contribution in [2.24, 2.45) is 0 Å². The van der Waals surface area contributed by atoms with Crippen molar-refractivity contribution in [3.8, 4) is 11.5 Å². The number of benzene rings is 6. The molecule has 270 valence electrons. The second kappa shape index (κ2) is 11.3. The van der Waals surface area contributed by atoms with Crippen LogP contribution in [0.2, 0.25) is 0 Å². The molecule has 8 aromatic rings. The topological polar surface area (TPSA) is 52.1 Å². The van der Waals surface area contributed by atoms with Gasteiger partial charge in [0.15, 0.2) is 11.2 Å². The van der Waals surface area contributed by atoms with Crippen molar-refractivity contribution in [2.45, 2.75) is 70.1 Å². The van der Waals surface area contributed by atoms with Gasteiger partial charge in [-0.05, 0) is 80.0 Å². The third kappa shape index (κ3) is 5.28. The zero-order valence-corrected chi connectivity index (χ0v) is 29.7. The molecule has 53 heavy (non-hydrogen) atoms. The fraction of sp³-hybridized carbons (Fsp3) is 0.256. The van der Waals surface area contributed by atoms with Crippen molar-refractivity contribution in [2.75, 3.05) is 0 Å². The fourth-order valence-corrected chi connectivity index (χ4v) is 7.33. The number of halogens is 6. The van der Waals surface area contributed by atoms with E-state index in [0.29, 0.717) is 28.1 Å². The maximum absolute atomic E-state index is 14.9. The smallest absolute Gasteiger partial charge is 0.411 e. The van der Waals surface area contributed by atoms with E-state index in [1.165, 1.54) is 24.3 Å². The predicted molar refractivity (Wildman–Crippen MR) is 196 cm³/mol. The van der Waals surface area contributed by atoms with E-state index in [4.69, 9.17) is 13.8 Å². The van der Waals surface area contributed by atoms with Crippen molar-refractivity contribution in [3.05, 3.63) is 120 Å². The Morgan fingerprint density at radius 2 is 0.906 bits per heavy atom. The van der Waals surface area contributed by atoms with Gasteiger partial charge in [0.1, 0.15) is 11.0 Å². The molecule has 4 nitrogen and oxygen atoms in total. The number of fused-ring (bicyclic) bond motifs is 9. The zero-order valence-electron chi connectivity index (χ0n) is 29.7. The quantitative estimate of drug-likeness (QED) is 0.134. The SMILES string of the molecule is CC(C)(C)c1ccc(C(c2ccc(-c3nc4ccc5c(ccc6ccc7c(ccc8nc(C(C)(C)C)oc87)c65)c4o3)cc2)(C(F)(F)F)C(F)(F)F)cc1. The Morgan fingerprint density at radius 3 is 1.40 bits per heavy atom. The first-order valence-corrected chi connectivity index (χ1v) is 17.1. The summed E-state index contributed by atoms with van der Waals surface area (Å²) in [5, 5.41) is 5.44. The van der Waals surface area contributed by atoms with Crippen LogP contribution in [-0.2, 0) is 16.2 Å². The first kappa shape index (κ1) is 34.7. The van der Waals surface area contributed by atoms with Gasteiger partial charge in [0, 0.05) is 21.8 Å². The highest BCUT2D eigenvalue weighted by molar-refractivity contribution is 6.26. The number of nitrogens with zero attached hydrogens (tertiary/aromatic N) is 2. The van der Waals surface area contributed by atoms with Gasteiger partial charge in [-0.1, -0.05) is 102 Å². The third-order valence-corrected chi connectivity index (χ3v) is 10.1. The number of rotatable bonds is 3. The summed E-state index contributed by atoms with van der Waals surface area (Å²) in [4.78, 5) is 9.30. The first-order valence-electron chi connectivity index (χ1n) is 17.1. The summed E-state index contributed by atoms with van der Waals surface area (Å²) < 4.78 is 102. The van der Waals surface area contributed by atoms with Crippen molar-refractivity contribution >= 4 is 54.5 Å². The Kier molecular flexibility index (Phi) is 7.40. The highest BCUT2D eigenvalue weighted by Crippen LogP contribution is 2.56. The molecule has 10 heteroatoms. The molecule has 2 heterocycles. The second-order valence-corrected chi connectivity index (χ2v) is 15.7. The van der Waals surface area contributed by atoms with Crippen LogP contribution in [0.3, 0.4) is 0 Å². The molecule has 0 bridgehead atoms. The number of hydrogen-bond donors (Lipinski definition) is 0. The highest BCUT2D eigenvalue weighted by Gasteiger charge is 2.72. The Bertz CT molecular complexity index is 2690. The molecular weight excluding hydrogens is 690 g/mol. The normalized spacial score (nSPS) is 13.7. The largest absolute Gasteiger partial charge is 0.439 e. The zero-order chi connectivity index (χ0) is 37.9. The van der Waals surface area contributed by atoms with Crippen molar-refractivity contribution in [1.29, 1.82) is 0 Å². The molecule has 0 unspecified atom stereocenters. The van der Waals surface area contributed by atoms with E-state index in [0.717, 1.165) is 62.1 Å². The minimum absolute atomic E-state index is 0.0642. The minimum atomic E-state index is -5.70. The summed E-state index contributed by atoms with van der Waals surface area (Å²) in [7, 11) is 0. The molecule has 6 aromatic carbocycles. The Hall–Kier alpha value is -5.38. The van der Waals surface area contributed by atoms with Crippen LogP contribution in [0.25, 0.3) is 66.0 Å². The lowest BCUT2D eigenvalue weighted by molar-refractivity contribution is -0.288. The fourth-order valence-electron chi connectivity index (χ4n) is 7.33. The molecule has 0 N–H and O–H groups in total. The molecule has 0 fully saturated rings. The molecular formula is C43H34F6N2O2. The number of aromatic nitrogens is 2. The van der Waals surface area contributed by atoms with Crippen LogP contribution in [0.4, 0.5) is 26.3 Å². The summed E-state index contributed by atoms with van der Waals surface area (Å²) in [6.45, 7) is 11.6. The number of alkyl halides is 6. The summed E-state index contributed by atoms with van der Waals surface area (Å²) in [5.41, 5.74) is -3.65. The van der Waals surface area contributed by atoms with Gasteiger partial charge >= 0.3 is 12.4 Å². The minimum Gasteiger partial charge on any atom is -0.439 e. The van der Waals surface area contributed by atoms with Crippen LogP contribution < -0.4 is 0 Å². The standard InChI is InChI=1S/C43H34F6N2O2/c1-39(2,3)25-13-15-27(16-14-25)41(42(44,45)46,43(47,48)49)26-11-7-24(8-12-26)37-50-32-21-19-28-30(35(32)52-37)17-9-23-10-18-31-29(34(23)28)20-22-33-36(31)53-38(51-33)40(4,5)6/h7-22H,1-6H3. The molecule has 0 saturated heterocycles. The van der Waals surface area contributed by atoms with Gasteiger partial charge < -0.3 is 8.83 Å². The maximum Gasteiger partial charge on any atom is 0.411 e. The average Bonchev–Trinajstić information content (AvgIpc) is 3.73. The molecule has 0 atom stereocenters. The molecule has 8 rings (SSSR count). The van der Waals surface area contributed by atoms with Gasteiger partial charge in [0.25, 0.3) is 0 Å². The van der Waals surface area contributed by atoms with Gasteiger partial charge in [-0.3, -0.25) is 0 Å². The summed E-state index contributed by atoms with van der Waals surface area (Å²) in [6, 6.07) is 24.2. The summed E-state index contributed by atoms with van der Waals surface area (Å²) in [5.74, 6) is 0.702. The van der Waals surface area contributed by atoms with E-state index < -0.39 is 34.3 Å². The van der Waals surface area contributed by atoms with Crippen LogP contribution in [0.5, 0.6) is 0 Å². The van der Waals surface area contributed by atoms with Gasteiger partial charge in [0.2, 0.25) is 17.2 Å². The molecule has 2 aromatic heterocycles. The molecule has 0 radical (unpaired) electrons. The summed E-state index contributed by atoms with van der Waals surface area (Å²) in [6.07, 6.45) is -11.4. The van der Waals surface area contributed by atoms with E-state index in [9.17, 15) is 26.3 Å². The van der Waals surface area contributed by atoms with Gasteiger partial charge in [-0.2, -0.15) is 26.3 Å². The lowest BCUT2D eigenvalue weighted by Crippen LogP contribution is -2.54. The van der Waals surface area contributed by atoms with Crippen LogP contribution in [0.1, 0.15) is 64.1 Å². The monoisotopic (exact) mass is 724 g/mol. The first-order chi connectivity index (χ1) is 24.8. The van der Waals surface area contributed by atoms with Crippen molar-refractivity contribution < 1.29 is 35.2 Å². The van der Waals surface area contributed by atoms with Gasteiger partial charge in [0.05, 0.1) is 0 Å². The Labute approximate surface area is 300 Å². The van der Waals surface area contributed by atoms with E-state index >= 15 is 0 Å². The third-order valence-electron chi connectivity index (χ3n) is 10.1. The van der Waals surface area contributed by atoms with E-state index in [1.54, 1.807) is 6.07 Å². The maximum atomic E-state index is 14.9. The van der Waals surface area contributed by atoms with Crippen molar-refractivity contribution in [3.63, 3.8) is 0 Å². The van der Waals surface area contributed by atoms with Gasteiger partial charge in [-0.15, -0.1) is 0 Å². The lowest BCUT2D eigenvalue weighted by Gasteiger charge is -2.38. The molecule has 0 aliphatic rings. The van der Waals surface area contributed by atoms with E-state index in [2.05, 4.69) is 4.98 Å². The molecule has 0 aliphatic heterocycles. The van der Waals surface area contributed by atoms with E-state index in [-0.39, 0.29) is 16.9 Å². The van der Waals surface area contributed by atoms with Crippen molar-refractivity contribution in [1.82, 2.24) is 9.97 Å². The Balaban J connectivity index is 1.25. The average molecular weight is 725 g/mol. The van der Waals surface area contributed by atoms with Gasteiger partial charge in [-0.25, -0.2) is 9.97 Å². The molecule has 0 aliphatic carbocycles. The number of hydrogen-bond acceptors (Lipinski definition) is 4. The molecule has 0 amide bonds. The van der Waals surface area contributed by atoms with Crippen LogP contribution >= 0.6 is 0 Å². The molecule has 0 spiro atoms. The lowest BCUT2D eigenvalue weighted by atomic mass is 9.72. The predicted octanol–water partition coefficient (Wildman–Crippen LogP) is 13.1.